The quantitative estimate of drug-likeness (QED) is 0.662. The lowest BCUT2D eigenvalue weighted by Crippen LogP contribution is -2.14. The lowest BCUT2D eigenvalue weighted by molar-refractivity contribution is 0.600. The molecule has 0 amide bonds. The maximum absolute atomic E-state index is 12.7. The third kappa shape index (κ3) is 3.76. The van der Waals surface area contributed by atoms with Gasteiger partial charge in [0.25, 0.3) is 10.0 Å². The van der Waals surface area contributed by atoms with Gasteiger partial charge in [-0.15, -0.1) is 6.58 Å². The van der Waals surface area contributed by atoms with Crippen LogP contribution in [0.4, 0.5) is 5.82 Å². The van der Waals surface area contributed by atoms with Crippen LogP contribution < -0.4 is 4.72 Å². The molecule has 0 radical (unpaired) electrons. The summed E-state index contributed by atoms with van der Waals surface area (Å²) < 4.78 is 29.4. The second-order valence-corrected chi connectivity index (χ2v) is 7.62. The van der Waals surface area contributed by atoms with E-state index < -0.39 is 10.0 Å². The number of sulfonamides is 1. The van der Waals surface area contributed by atoms with E-state index in [4.69, 9.17) is 0 Å². The molecule has 1 N–H and O–H groups in total. The van der Waals surface area contributed by atoms with E-state index in [-0.39, 0.29) is 23.0 Å². The van der Waals surface area contributed by atoms with Gasteiger partial charge < -0.3 is 0 Å². The van der Waals surface area contributed by atoms with Crippen molar-refractivity contribution in [2.45, 2.75) is 18.4 Å². The standard InChI is InChI=1S/C20H18N4O2S/c1-3-13-24-18(14-21)19(16-11-9-15(2)10-12-16)20(22-24)23-27(25,26)17-7-5-4-6-8-17/h3-12H,1,13H2,2H3,(H,22,23). The van der Waals surface area contributed by atoms with E-state index in [2.05, 4.69) is 22.5 Å². The maximum atomic E-state index is 12.7. The summed E-state index contributed by atoms with van der Waals surface area (Å²) in [5, 5.41) is 14.0. The summed E-state index contributed by atoms with van der Waals surface area (Å²) in [7, 11) is -3.84. The minimum Gasteiger partial charge on any atom is -0.261 e. The molecule has 0 saturated heterocycles. The third-order valence-electron chi connectivity index (χ3n) is 3.99. The summed E-state index contributed by atoms with van der Waals surface area (Å²) >= 11 is 0. The SMILES string of the molecule is C=CCn1nc(NS(=O)(=O)c2ccccc2)c(-c2ccc(C)cc2)c1C#N. The maximum Gasteiger partial charge on any atom is 0.263 e. The molecule has 0 saturated carbocycles. The van der Waals surface area contributed by atoms with Crippen molar-refractivity contribution in [1.29, 1.82) is 5.26 Å². The lowest BCUT2D eigenvalue weighted by Gasteiger charge is -2.08. The number of benzene rings is 2. The Kier molecular flexibility index (Phi) is 5.10. The van der Waals surface area contributed by atoms with E-state index in [1.165, 1.54) is 16.8 Å². The molecule has 27 heavy (non-hydrogen) atoms. The highest BCUT2D eigenvalue weighted by Gasteiger charge is 2.23. The molecule has 1 heterocycles. The van der Waals surface area contributed by atoms with Gasteiger partial charge in [0.1, 0.15) is 11.8 Å². The Bertz CT molecular complexity index is 1110. The highest BCUT2D eigenvalue weighted by Crippen LogP contribution is 2.32. The van der Waals surface area contributed by atoms with Crippen molar-refractivity contribution in [3.05, 3.63) is 78.5 Å². The largest absolute Gasteiger partial charge is 0.263 e. The van der Waals surface area contributed by atoms with Crippen LogP contribution in [0.2, 0.25) is 0 Å². The van der Waals surface area contributed by atoms with E-state index in [9.17, 15) is 13.7 Å². The Balaban J connectivity index is 2.16. The van der Waals surface area contributed by atoms with E-state index in [1.54, 1.807) is 24.3 Å². The Morgan fingerprint density at radius 1 is 1.19 bits per heavy atom. The fraction of sp³-hybridized carbons (Fsp3) is 0.100. The zero-order chi connectivity index (χ0) is 19.4. The van der Waals surface area contributed by atoms with Crippen LogP contribution in [0.3, 0.4) is 0 Å². The average molecular weight is 378 g/mol. The number of aromatic nitrogens is 2. The fourth-order valence-electron chi connectivity index (χ4n) is 2.68. The highest BCUT2D eigenvalue weighted by atomic mass is 32.2. The first-order valence-corrected chi connectivity index (χ1v) is 9.71. The van der Waals surface area contributed by atoms with Crippen LogP contribution in [-0.4, -0.2) is 18.2 Å². The van der Waals surface area contributed by atoms with Gasteiger partial charge in [-0.25, -0.2) is 13.1 Å². The van der Waals surface area contributed by atoms with Crippen LogP contribution >= 0.6 is 0 Å². The first-order chi connectivity index (χ1) is 13.0. The highest BCUT2D eigenvalue weighted by molar-refractivity contribution is 7.92. The number of aryl methyl sites for hydroxylation is 1. The summed E-state index contributed by atoms with van der Waals surface area (Å²) in [6.45, 7) is 5.91. The Hall–Kier alpha value is -3.37. The number of nitrogens with zero attached hydrogens (tertiary/aromatic N) is 3. The topological polar surface area (TPSA) is 87.8 Å². The molecule has 136 valence electrons. The summed E-state index contributed by atoms with van der Waals surface area (Å²) in [5.41, 5.74) is 2.48. The van der Waals surface area contributed by atoms with Crippen molar-refractivity contribution in [2.24, 2.45) is 0 Å². The van der Waals surface area contributed by atoms with Crippen LogP contribution in [0.1, 0.15) is 11.3 Å². The molecule has 0 fully saturated rings. The van der Waals surface area contributed by atoms with Crippen molar-refractivity contribution in [3.8, 4) is 17.2 Å². The van der Waals surface area contributed by atoms with Crippen molar-refractivity contribution in [2.75, 3.05) is 4.72 Å². The summed E-state index contributed by atoms with van der Waals surface area (Å²) in [6.07, 6.45) is 1.60. The van der Waals surface area contributed by atoms with Crippen LogP contribution in [-0.2, 0) is 16.6 Å². The molecule has 3 rings (SSSR count). The predicted octanol–water partition coefficient (Wildman–Crippen LogP) is 3.72. The van der Waals surface area contributed by atoms with Crippen LogP contribution in [0, 0.1) is 18.3 Å². The zero-order valence-corrected chi connectivity index (χ0v) is 15.6. The molecule has 0 atom stereocenters. The van der Waals surface area contributed by atoms with Gasteiger partial charge in [-0.3, -0.25) is 4.72 Å². The molecular formula is C20H18N4O2S. The van der Waals surface area contributed by atoms with Gasteiger partial charge in [0.2, 0.25) is 0 Å². The van der Waals surface area contributed by atoms with Crippen molar-refractivity contribution in [3.63, 3.8) is 0 Å². The van der Waals surface area contributed by atoms with Gasteiger partial charge >= 0.3 is 0 Å². The number of nitrogens with one attached hydrogen (secondary N) is 1. The summed E-state index contributed by atoms with van der Waals surface area (Å²) in [5.74, 6) is 0.112. The molecule has 2 aromatic carbocycles. The number of allylic oxidation sites excluding steroid dienone is 1. The van der Waals surface area contributed by atoms with Crippen molar-refractivity contribution < 1.29 is 8.42 Å². The predicted molar refractivity (Wildman–Crippen MR) is 105 cm³/mol. The number of nitriles is 1. The molecule has 0 aliphatic rings. The van der Waals surface area contributed by atoms with Crippen LogP contribution in [0.25, 0.3) is 11.1 Å². The Morgan fingerprint density at radius 2 is 1.85 bits per heavy atom. The minimum atomic E-state index is -3.84. The van der Waals surface area contributed by atoms with Gasteiger partial charge in [0.05, 0.1) is 17.0 Å². The second-order valence-electron chi connectivity index (χ2n) is 5.94. The van der Waals surface area contributed by atoms with Gasteiger partial charge in [0.15, 0.2) is 5.82 Å². The molecule has 0 aliphatic heterocycles. The third-order valence-corrected chi connectivity index (χ3v) is 5.34. The molecule has 7 heteroatoms. The van der Waals surface area contributed by atoms with Gasteiger partial charge in [-0.05, 0) is 24.6 Å². The Labute approximate surface area is 158 Å². The van der Waals surface area contributed by atoms with Crippen molar-refractivity contribution in [1.82, 2.24) is 9.78 Å². The van der Waals surface area contributed by atoms with E-state index in [1.807, 2.05) is 31.2 Å². The summed E-state index contributed by atoms with van der Waals surface area (Å²) in [6, 6.07) is 17.6. The minimum absolute atomic E-state index is 0.112. The lowest BCUT2D eigenvalue weighted by atomic mass is 10.0. The second kappa shape index (κ2) is 7.48. The molecular weight excluding hydrogens is 360 g/mol. The smallest absolute Gasteiger partial charge is 0.261 e. The number of anilines is 1. The first-order valence-electron chi connectivity index (χ1n) is 8.23. The van der Waals surface area contributed by atoms with Crippen molar-refractivity contribution >= 4 is 15.8 Å². The molecule has 1 aromatic heterocycles. The summed E-state index contributed by atoms with van der Waals surface area (Å²) in [4.78, 5) is 0.122. The molecule has 0 spiro atoms. The van der Waals surface area contributed by atoms with E-state index >= 15 is 0 Å². The van der Waals surface area contributed by atoms with Crippen LogP contribution in [0.15, 0.2) is 72.1 Å². The molecule has 0 bridgehead atoms. The van der Waals surface area contributed by atoms with E-state index in [0.29, 0.717) is 11.1 Å². The van der Waals surface area contributed by atoms with Gasteiger partial charge in [-0.1, -0.05) is 54.1 Å². The fourth-order valence-corrected chi connectivity index (χ4v) is 3.71. The average Bonchev–Trinajstić information content (AvgIpc) is 2.99. The van der Waals surface area contributed by atoms with Gasteiger partial charge in [0, 0.05) is 0 Å². The number of hydrogen-bond donors (Lipinski definition) is 1. The molecule has 6 nitrogen and oxygen atoms in total. The number of hydrogen-bond acceptors (Lipinski definition) is 4. The van der Waals surface area contributed by atoms with Gasteiger partial charge in [-0.2, -0.15) is 10.4 Å². The first kappa shape index (κ1) is 18.4. The van der Waals surface area contributed by atoms with Crippen LogP contribution in [0.5, 0.6) is 0 Å². The zero-order valence-electron chi connectivity index (χ0n) is 14.8. The van der Waals surface area contributed by atoms with E-state index in [0.717, 1.165) is 5.56 Å². The molecule has 0 unspecified atom stereocenters. The molecule has 3 aromatic rings. The normalized spacial score (nSPS) is 11.0. The Morgan fingerprint density at radius 3 is 2.44 bits per heavy atom. The molecule has 0 aliphatic carbocycles. The monoisotopic (exact) mass is 378 g/mol. The number of rotatable bonds is 6.